The van der Waals surface area contributed by atoms with Crippen LogP contribution >= 0.6 is 0 Å². The molecule has 0 radical (unpaired) electrons. The van der Waals surface area contributed by atoms with Crippen molar-refractivity contribution in [2.75, 3.05) is 41.0 Å². The molecule has 1 N–H and O–H groups in total. The Balaban J connectivity index is 1.91. The van der Waals surface area contributed by atoms with Crippen molar-refractivity contribution in [3.63, 3.8) is 0 Å². The molecule has 1 atom stereocenters. The molecule has 0 aromatic heterocycles. The van der Waals surface area contributed by atoms with Crippen molar-refractivity contribution >= 4 is 5.91 Å². The second kappa shape index (κ2) is 9.76. The fourth-order valence-electron chi connectivity index (χ4n) is 3.95. The number of nitrogens with one attached hydrogen (secondary N) is 1. The van der Waals surface area contributed by atoms with Gasteiger partial charge in [0.25, 0.3) is 0 Å². The van der Waals surface area contributed by atoms with Crippen molar-refractivity contribution in [2.24, 2.45) is 0 Å². The summed E-state index contributed by atoms with van der Waals surface area (Å²) in [4.78, 5) is 14.4. The third-order valence-corrected chi connectivity index (χ3v) is 5.35. The van der Waals surface area contributed by atoms with Crippen LogP contribution in [0.2, 0.25) is 0 Å². The van der Waals surface area contributed by atoms with Crippen molar-refractivity contribution in [1.29, 1.82) is 0 Å². The van der Waals surface area contributed by atoms with Gasteiger partial charge in [-0.1, -0.05) is 29.8 Å². The number of hydrogen-bond donors (Lipinski definition) is 1. The van der Waals surface area contributed by atoms with Crippen LogP contribution in [0.3, 0.4) is 0 Å². The molecule has 29 heavy (non-hydrogen) atoms. The van der Waals surface area contributed by atoms with Crippen LogP contribution in [0, 0.1) is 6.92 Å². The second-order valence-corrected chi connectivity index (χ2v) is 7.37. The minimum atomic E-state index is -0.115. The number of rotatable bonds is 8. The van der Waals surface area contributed by atoms with E-state index in [1.807, 2.05) is 6.07 Å². The Kier molecular flexibility index (Phi) is 7.12. The van der Waals surface area contributed by atoms with E-state index >= 15 is 0 Å². The predicted octanol–water partition coefficient (Wildman–Crippen LogP) is 2.87. The Morgan fingerprint density at radius 2 is 1.90 bits per heavy atom. The molecule has 1 heterocycles. The van der Waals surface area contributed by atoms with Gasteiger partial charge in [0, 0.05) is 26.7 Å². The number of hydrogen-bond acceptors (Lipinski definition) is 5. The maximum Gasteiger partial charge on any atom is 0.246 e. The SMILES string of the molecule is COCC(=O)NCC1c2cc(OC)c(OC)cc2CCN1Cc1cccc(C)c1. The van der Waals surface area contributed by atoms with Crippen LogP contribution in [-0.2, 0) is 22.5 Å². The van der Waals surface area contributed by atoms with Crippen molar-refractivity contribution in [3.05, 3.63) is 58.7 Å². The Hall–Kier alpha value is -2.57. The molecule has 1 aliphatic rings. The van der Waals surface area contributed by atoms with E-state index < -0.39 is 0 Å². The summed E-state index contributed by atoms with van der Waals surface area (Å²) >= 11 is 0. The highest BCUT2D eigenvalue weighted by atomic mass is 16.5. The molecule has 1 aliphatic heterocycles. The van der Waals surface area contributed by atoms with E-state index in [1.165, 1.54) is 29.4 Å². The molecular weight excluding hydrogens is 368 g/mol. The lowest BCUT2D eigenvalue weighted by atomic mass is 9.91. The highest BCUT2D eigenvalue weighted by Gasteiger charge is 2.29. The first kappa shape index (κ1) is 21.1. The molecule has 156 valence electrons. The minimum absolute atomic E-state index is 0.0416. The van der Waals surface area contributed by atoms with E-state index in [9.17, 15) is 4.79 Å². The molecule has 0 fully saturated rings. The smallest absolute Gasteiger partial charge is 0.246 e. The van der Waals surface area contributed by atoms with E-state index in [-0.39, 0.29) is 18.6 Å². The largest absolute Gasteiger partial charge is 0.493 e. The summed E-state index contributed by atoms with van der Waals surface area (Å²) in [5.74, 6) is 1.33. The molecule has 6 heteroatoms. The topological polar surface area (TPSA) is 60.0 Å². The van der Waals surface area contributed by atoms with Crippen LogP contribution in [-0.4, -0.2) is 51.8 Å². The maximum absolute atomic E-state index is 12.0. The van der Waals surface area contributed by atoms with Gasteiger partial charge >= 0.3 is 0 Å². The Morgan fingerprint density at radius 3 is 2.59 bits per heavy atom. The van der Waals surface area contributed by atoms with Crippen LogP contribution in [0.1, 0.15) is 28.3 Å². The summed E-state index contributed by atoms with van der Waals surface area (Å²) in [6.45, 7) is 4.40. The standard InChI is InChI=1S/C23H30N2O4/c1-16-6-5-7-17(10-16)14-25-9-8-18-11-21(28-3)22(29-4)12-19(18)20(25)13-24-23(26)15-27-2/h5-7,10-12,20H,8-9,13-15H2,1-4H3,(H,24,26). The first-order valence-corrected chi connectivity index (χ1v) is 9.85. The van der Waals surface area contributed by atoms with Crippen LogP contribution in [0.5, 0.6) is 11.5 Å². The lowest BCUT2D eigenvalue weighted by molar-refractivity contribution is -0.125. The second-order valence-electron chi connectivity index (χ2n) is 7.37. The summed E-state index contributed by atoms with van der Waals surface area (Å²) < 4.78 is 16.0. The van der Waals surface area contributed by atoms with Crippen molar-refractivity contribution in [2.45, 2.75) is 25.9 Å². The highest BCUT2D eigenvalue weighted by molar-refractivity contribution is 5.77. The van der Waals surface area contributed by atoms with Gasteiger partial charge in [0.2, 0.25) is 5.91 Å². The van der Waals surface area contributed by atoms with E-state index in [0.717, 1.165) is 25.3 Å². The molecule has 2 aromatic rings. The molecular formula is C23H30N2O4. The third kappa shape index (κ3) is 5.08. The lowest BCUT2D eigenvalue weighted by Gasteiger charge is -2.38. The summed E-state index contributed by atoms with van der Waals surface area (Å²) in [7, 11) is 4.82. The number of carbonyl (C=O) groups is 1. The van der Waals surface area contributed by atoms with Crippen molar-refractivity contribution < 1.29 is 19.0 Å². The number of benzene rings is 2. The average Bonchev–Trinajstić information content (AvgIpc) is 2.72. The van der Waals surface area contributed by atoms with Gasteiger partial charge < -0.3 is 19.5 Å². The van der Waals surface area contributed by atoms with Gasteiger partial charge in [-0.15, -0.1) is 0 Å². The number of aryl methyl sites for hydroxylation is 1. The maximum atomic E-state index is 12.0. The fraction of sp³-hybridized carbons (Fsp3) is 0.435. The molecule has 0 bridgehead atoms. The molecule has 6 nitrogen and oxygen atoms in total. The first-order chi connectivity index (χ1) is 14.0. The first-order valence-electron chi connectivity index (χ1n) is 9.85. The van der Waals surface area contributed by atoms with E-state index in [2.05, 4.69) is 47.5 Å². The molecule has 1 unspecified atom stereocenters. The number of carbonyl (C=O) groups excluding carboxylic acids is 1. The summed E-state index contributed by atoms with van der Waals surface area (Å²) in [5.41, 5.74) is 4.91. The molecule has 0 aliphatic carbocycles. The Bertz CT molecular complexity index is 853. The van der Waals surface area contributed by atoms with Gasteiger partial charge in [-0.3, -0.25) is 9.69 Å². The summed E-state index contributed by atoms with van der Waals surface area (Å²) in [6, 6.07) is 12.7. The number of nitrogens with zero attached hydrogens (tertiary/aromatic N) is 1. The van der Waals surface area contributed by atoms with Gasteiger partial charge in [-0.25, -0.2) is 0 Å². The zero-order valence-electron chi connectivity index (χ0n) is 17.7. The van der Waals surface area contributed by atoms with E-state index in [1.54, 1.807) is 14.2 Å². The molecule has 0 saturated carbocycles. The van der Waals surface area contributed by atoms with Crippen LogP contribution in [0.15, 0.2) is 36.4 Å². The minimum Gasteiger partial charge on any atom is -0.493 e. The van der Waals surface area contributed by atoms with Crippen LogP contribution in [0.4, 0.5) is 0 Å². The summed E-state index contributed by atoms with van der Waals surface area (Å²) in [6.07, 6.45) is 0.921. The molecule has 0 spiro atoms. The van der Waals surface area contributed by atoms with Gasteiger partial charge in [0.05, 0.1) is 20.3 Å². The lowest BCUT2D eigenvalue weighted by Crippen LogP contribution is -2.42. The normalized spacial score (nSPS) is 16.2. The van der Waals surface area contributed by atoms with Gasteiger partial charge in [-0.05, 0) is 42.2 Å². The zero-order chi connectivity index (χ0) is 20.8. The molecule has 0 saturated heterocycles. The monoisotopic (exact) mass is 398 g/mol. The molecule has 1 amide bonds. The quantitative estimate of drug-likeness (QED) is 0.741. The van der Waals surface area contributed by atoms with E-state index in [4.69, 9.17) is 14.2 Å². The summed E-state index contributed by atoms with van der Waals surface area (Å²) in [5, 5.41) is 3.01. The Labute approximate surface area is 172 Å². The van der Waals surface area contributed by atoms with Gasteiger partial charge in [0.1, 0.15) is 6.61 Å². The third-order valence-electron chi connectivity index (χ3n) is 5.35. The number of amides is 1. The van der Waals surface area contributed by atoms with Gasteiger partial charge in [-0.2, -0.15) is 0 Å². The predicted molar refractivity (Wildman–Crippen MR) is 112 cm³/mol. The van der Waals surface area contributed by atoms with Crippen LogP contribution < -0.4 is 14.8 Å². The molecule has 3 rings (SSSR count). The highest BCUT2D eigenvalue weighted by Crippen LogP contribution is 2.38. The zero-order valence-corrected chi connectivity index (χ0v) is 17.7. The van der Waals surface area contributed by atoms with Crippen molar-refractivity contribution in [1.82, 2.24) is 10.2 Å². The fourth-order valence-corrected chi connectivity index (χ4v) is 3.95. The van der Waals surface area contributed by atoms with Crippen LogP contribution in [0.25, 0.3) is 0 Å². The van der Waals surface area contributed by atoms with Gasteiger partial charge in [0.15, 0.2) is 11.5 Å². The van der Waals surface area contributed by atoms with Crippen molar-refractivity contribution in [3.8, 4) is 11.5 Å². The Morgan fingerprint density at radius 1 is 1.14 bits per heavy atom. The molecule has 2 aromatic carbocycles. The number of fused-ring (bicyclic) bond motifs is 1. The average molecular weight is 399 g/mol. The number of ether oxygens (including phenoxy) is 3. The van der Waals surface area contributed by atoms with E-state index in [0.29, 0.717) is 12.3 Å². The number of methoxy groups -OCH3 is 3.